The quantitative estimate of drug-likeness (QED) is 0.744. The number of nitrogens with two attached hydrogens (primary N) is 1. The summed E-state index contributed by atoms with van der Waals surface area (Å²) >= 11 is 0. The van der Waals surface area contributed by atoms with Crippen molar-refractivity contribution < 1.29 is 4.79 Å². The third-order valence-corrected chi connectivity index (χ3v) is 3.53. The van der Waals surface area contributed by atoms with Gasteiger partial charge in [0.2, 0.25) is 5.91 Å². The predicted octanol–water partition coefficient (Wildman–Crippen LogP) is 2.56. The molecule has 0 aliphatic heterocycles. The monoisotopic (exact) mass is 286 g/mol. The van der Waals surface area contributed by atoms with Gasteiger partial charge in [0, 0.05) is 30.6 Å². The van der Waals surface area contributed by atoms with E-state index in [0.717, 1.165) is 5.69 Å². The zero-order chi connectivity index (χ0) is 12.8. The van der Waals surface area contributed by atoms with Crippen molar-refractivity contribution in [3.63, 3.8) is 0 Å². The molecule has 1 aliphatic carbocycles. The average molecular weight is 287 g/mol. The summed E-state index contributed by atoms with van der Waals surface area (Å²) in [5, 5.41) is 9.96. The van der Waals surface area contributed by atoms with E-state index in [1.165, 1.54) is 38.5 Å². The van der Waals surface area contributed by atoms with Gasteiger partial charge in [-0.15, -0.1) is 12.4 Å². The lowest BCUT2D eigenvalue weighted by atomic mass is 9.97. The summed E-state index contributed by atoms with van der Waals surface area (Å²) in [4.78, 5) is 11.4. The number of aromatic nitrogens is 2. The highest BCUT2D eigenvalue weighted by molar-refractivity contribution is 5.89. The summed E-state index contributed by atoms with van der Waals surface area (Å²) in [6, 6.07) is 1.96. The first-order valence-electron chi connectivity index (χ1n) is 6.85. The van der Waals surface area contributed by atoms with Crippen molar-refractivity contribution in [3.8, 4) is 0 Å². The number of nitrogens with zero attached hydrogens (tertiary/aromatic N) is 1. The van der Waals surface area contributed by atoms with E-state index >= 15 is 0 Å². The van der Waals surface area contributed by atoms with Gasteiger partial charge in [-0.2, -0.15) is 5.10 Å². The molecule has 0 bridgehead atoms. The Balaban J connectivity index is 0.00000180. The summed E-state index contributed by atoms with van der Waals surface area (Å²) in [7, 11) is 0. The minimum Gasteiger partial charge on any atom is -0.330 e. The van der Waals surface area contributed by atoms with Crippen LogP contribution in [0.15, 0.2) is 6.07 Å². The molecule has 4 N–H and O–H groups in total. The van der Waals surface area contributed by atoms with Gasteiger partial charge in [0.25, 0.3) is 0 Å². The molecule has 2 rings (SSSR count). The number of nitrogens with one attached hydrogen (secondary N) is 2. The van der Waals surface area contributed by atoms with E-state index in [9.17, 15) is 4.79 Å². The number of hydrogen-bond acceptors (Lipinski definition) is 3. The maximum absolute atomic E-state index is 11.4. The first-order valence-corrected chi connectivity index (χ1v) is 6.85. The highest BCUT2D eigenvalue weighted by Gasteiger charge is 2.17. The summed E-state index contributed by atoms with van der Waals surface area (Å²) < 4.78 is 0. The van der Waals surface area contributed by atoms with Crippen LogP contribution >= 0.6 is 12.4 Å². The molecular weight excluding hydrogens is 264 g/mol. The van der Waals surface area contributed by atoms with Crippen molar-refractivity contribution in [2.75, 3.05) is 11.9 Å². The van der Waals surface area contributed by atoms with Crippen LogP contribution in [0.2, 0.25) is 0 Å². The Kier molecular flexibility index (Phi) is 6.87. The van der Waals surface area contributed by atoms with Crippen LogP contribution in [0.25, 0.3) is 0 Å². The van der Waals surface area contributed by atoms with Crippen LogP contribution < -0.4 is 11.1 Å². The highest BCUT2D eigenvalue weighted by atomic mass is 35.5. The van der Waals surface area contributed by atoms with E-state index < -0.39 is 0 Å². The van der Waals surface area contributed by atoms with Gasteiger partial charge in [-0.3, -0.25) is 9.89 Å². The van der Waals surface area contributed by atoms with Crippen LogP contribution in [0.4, 0.5) is 5.82 Å². The van der Waals surface area contributed by atoms with E-state index in [1.54, 1.807) is 0 Å². The highest BCUT2D eigenvalue weighted by Crippen LogP contribution is 2.31. The molecule has 1 heterocycles. The molecule has 6 heteroatoms. The minimum absolute atomic E-state index is 0. The molecule has 1 aromatic heterocycles. The van der Waals surface area contributed by atoms with Crippen LogP contribution in [0.3, 0.4) is 0 Å². The zero-order valence-corrected chi connectivity index (χ0v) is 12.0. The Morgan fingerprint density at radius 2 is 2.05 bits per heavy atom. The number of aromatic amines is 1. The topological polar surface area (TPSA) is 83.8 Å². The van der Waals surface area contributed by atoms with E-state index in [1.807, 2.05) is 6.07 Å². The van der Waals surface area contributed by atoms with Crippen molar-refractivity contribution in [2.45, 2.75) is 50.9 Å². The van der Waals surface area contributed by atoms with Gasteiger partial charge in [0.15, 0.2) is 5.82 Å². The molecule has 1 amide bonds. The van der Waals surface area contributed by atoms with Gasteiger partial charge in [-0.05, 0) is 12.8 Å². The molecule has 1 saturated carbocycles. The molecule has 0 aromatic carbocycles. The number of halogens is 1. The van der Waals surface area contributed by atoms with Gasteiger partial charge in [-0.25, -0.2) is 0 Å². The number of hydrogen-bond donors (Lipinski definition) is 3. The van der Waals surface area contributed by atoms with Gasteiger partial charge >= 0.3 is 0 Å². The normalized spacial score (nSPS) is 16.5. The van der Waals surface area contributed by atoms with Crippen molar-refractivity contribution in [1.29, 1.82) is 0 Å². The second-order valence-corrected chi connectivity index (χ2v) is 4.98. The van der Waals surface area contributed by atoms with Gasteiger partial charge < -0.3 is 11.1 Å². The molecule has 1 aliphatic rings. The summed E-state index contributed by atoms with van der Waals surface area (Å²) in [5.74, 6) is 1.12. The van der Waals surface area contributed by atoms with Crippen LogP contribution in [0.5, 0.6) is 0 Å². The number of amides is 1. The zero-order valence-electron chi connectivity index (χ0n) is 11.2. The van der Waals surface area contributed by atoms with E-state index in [-0.39, 0.29) is 18.3 Å². The lowest BCUT2D eigenvalue weighted by Crippen LogP contribution is -2.16. The SMILES string of the molecule is Cl.NCCC(=O)Nc1cc(C2CCCCCC2)[nH]n1. The lowest BCUT2D eigenvalue weighted by molar-refractivity contribution is -0.116. The maximum atomic E-state index is 11.4. The van der Waals surface area contributed by atoms with Gasteiger partial charge in [0.05, 0.1) is 0 Å². The molecular formula is C13H23ClN4O. The smallest absolute Gasteiger partial charge is 0.226 e. The first-order chi connectivity index (χ1) is 8.79. The summed E-state index contributed by atoms with van der Waals surface area (Å²) in [6.07, 6.45) is 8.04. The fourth-order valence-corrected chi connectivity index (χ4v) is 2.54. The van der Waals surface area contributed by atoms with Gasteiger partial charge in [-0.1, -0.05) is 25.7 Å². The molecule has 0 spiro atoms. The predicted molar refractivity (Wildman–Crippen MR) is 78.6 cm³/mol. The second-order valence-electron chi connectivity index (χ2n) is 4.98. The third-order valence-electron chi connectivity index (χ3n) is 3.53. The molecule has 108 valence electrons. The third kappa shape index (κ3) is 4.84. The Bertz CT molecular complexity index is 386. The minimum atomic E-state index is -0.0728. The molecule has 0 saturated heterocycles. The maximum Gasteiger partial charge on any atom is 0.226 e. The summed E-state index contributed by atoms with van der Waals surface area (Å²) in [5.41, 5.74) is 6.49. The van der Waals surface area contributed by atoms with Crippen molar-refractivity contribution in [2.24, 2.45) is 5.73 Å². The summed E-state index contributed by atoms with van der Waals surface area (Å²) in [6.45, 7) is 0.367. The Morgan fingerprint density at radius 3 is 2.68 bits per heavy atom. The van der Waals surface area contributed by atoms with Crippen molar-refractivity contribution in [1.82, 2.24) is 10.2 Å². The van der Waals surface area contributed by atoms with Crippen LogP contribution in [0, 0.1) is 0 Å². The molecule has 0 radical (unpaired) electrons. The fraction of sp³-hybridized carbons (Fsp3) is 0.692. The number of anilines is 1. The molecule has 19 heavy (non-hydrogen) atoms. The first kappa shape index (κ1) is 16.0. The number of H-pyrrole nitrogens is 1. The van der Waals surface area contributed by atoms with Crippen molar-refractivity contribution >= 4 is 24.1 Å². The Hall–Kier alpha value is -1.07. The van der Waals surface area contributed by atoms with E-state index in [2.05, 4.69) is 15.5 Å². The van der Waals surface area contributed by atoms with Crippen LogP contribution in [-0.4, -0.2) is 22.6 Å². The largest absolute Gasteiger partial charge is 0.330 e. The molecule has 0 unspecified atom stereocenters. The number of carbonyl (C=O) groups is 1. The standard InChI is InChI=1S/C13H22N4O.ClH/c14-8-7-13(18)15-12-9-11(16-17-12)10-5-3-1-2-4-6-10;/h9-10H,1-8,14H2,(H2,15,16,17,18);1H. The fourth-order valence-electron chi connectivity index (χ4n) is 2.54. The van der Waals surface area contributed by atoms with E-state index in [0.29, 0.717) is 24.7 Å². The Labute approximate surface area is 120 Å². The van der Waals surface area contributed by atoms with E-state index in [4.69, 9.17) is 5.73 Å². The Morgan fingerprint density at radius 1 is 1.37 bits per heavy atom. The van der Waals surface area contributed by atoms with Crippen LogP contribution in [-0.2, 0) is 4.79 Å². The molecule has 5 nitrogen and oxygen atoms in total. The molecule has 1 aromatic rings. The lowest BCUT2D eigenvalue weighted by Gasteiger charge is -2.10. The molecule has 1 fully saturated rings. The molecule has 0 atom stereocenters. The number of rotatable bonds is 4. The van der Waals surface area contributed by atoms with Crippen molar-refractivity contribution in [3.05, 3.63) is 11.8 Å². The van der Waals surface area contributed by atoms with Crippen LogP contribution in [0.1, 0.15) is 56.6 Å². The van der Waals surface area contributed by atoms with Gasteiger partial charge in [0.1, 0.15) is 0 Å². The number of carbonyl (C=O) groups excluding carboxylic acids is 1. The average Bonchev–Trinajstić information content (AvgIpc) is 2.64. The second kappa shape index (κ2) is 8.17.